The van der Waals surface area contributed by atoms with E-state index in [0.29, 0.717) is 4.99 Å². The number of nitrogens with two attached hydrogens (primary N) is 1. The third-order valence-electron chi connectivity index (χ3n) is 4.20. The summed E-state index contributed by atoms with van der Waals surface area (Å²) in [7, 11) is 0. The average molecular weight is 290 g/mol. The summed E-state index contributed by atoms with van der Waals surface area (Å²) in [5.74, 6) is 0.987. The Labute approximate surface area is 126 Å². The van der Waals surface area contributed by atoms with Gasteiger partial charge in [0.15, 0.2) is 0 Å². The van der Waals surface area contributed by atoms with E-state index in [0.717, 1.165) is 36.8 Å². The zero-order valence-electron chi connectivity index (χ0n) is 11.8. The Hall–Kier alpha value is -1.04. The van der Waals surface area contributed by atoms with Crippen LogP contribution in [0.1, 0.15) is 24.1 Å². The van der Waals surface area contributed by atoms with Crippen LogP contribution in [0.5, 0.6) is 0 Å². The number of rotatable bonds is 5. The largest absolute Gasteiger partial charge is 0.388 e. The SMILES string of the molecule is NC(=S)c1ncccc1CN1CCN(CC2CC2)CC1. The van der Waals surface area contributed by atoms with E-state index in [9.17, 15) is 0 Å². The number of pyridine rings is 1. The molecule has 2 aliphatic rings. The summed E-state index contributed by atoms with van der Waals surface area (Å²) < 4.78 is 0. The van der Waals surface area contributed by atoms with Crippen molar-refractivity contribution in [3.05, 3.63) is 29.6 Å². The number of hydrogen-bond acceptors (Lipinski definition) is 4. The fourth-order valence-electron chi connectivity index (χ4n) is 2.82. The Morgan fingerprint density at radius 1 is 1.25 bits per heavy atom. The van der Waals surface area contributed by atoms with E-state index < -0.39 is 0 Å². The normalized spacial score (nSPS) is 21.0. The van der Waals surface area contributed by atoms with Crippen LogP contribution in [0.3, 0.4) is 0 Å². The second-order valence-corrected chi connectivity index (χ2v) is 6.34. The molecular formula is C15H22N4S. The molecule has 0 unspecified atom stereocenters. The predicted molar refractivity (Wildman–Crippen MR) is 84.6 cm³/mol. The topological polar surface area (TPSA) is 45.4 Å². The lowest BCUT2D eigenvalue weighted by Gasteiger charge is -2.35. The zero-order valence-corrected chi connectivity index (χ0v) is 12.6. The minimum absolute atomic E-state index is 0.396. The smallest absolute Gasteiger partial charge is 0.123 e. The van der Waals surface area contributed by atoms with Gasteiger partial charge >= 0.3 is 0 Å². The number of piperazine rings is 1. The molecule has 0 spiro atoms. The van der Waals surface area contributed by atoms with Crippen molar-refractivity contribution in [1.29, 1.82) is 0 Å². The molecule has 2 heterocycles. The van der Waals surface area contributed by atoms with Crippen molar-refractivity contribution in [1.82, 2.24) is 14.8 Å². The Kier molecular flexibility index (Phi) is 4.29. The van der Waals surface area contributed by atoms with Crippen LogP contribution in [-0.2, 0) is 6.54 Å². The number of hydrogen-bond donors (Lipinski definition) is 1. The first-order valence-electron chi connectivity index (χ1n) is 7.41. The molecule has 4 nitrogen and oxygen atoms in total. The average Bonchev–Trinajstić information content (AvgIpc) is 3.25. The summed E-state index contributed by atoms with van der Waals surface area (Å²) in [4.78, 5) is 9.78. The molecule has 1 aliphatic heterocycles. The molecular weight excluding hydrogens is 268 g/mol. The Balaban J connectivity index is 1.55. The van der Waals surface area contributed by atoms with Gasteiger partial charge in [-0.05, 0) is 30.4 Å². The fraction of sp³-hybridized carbons (Fsp3) is 0.600. The maximum Gasteiger partial charge on any atom is 0.123 e. The third kappa shape index (κ3) is 3.53. The monoisotopic (exact) mass is 290 g/mol. The maximum atomic E-state index is 5.75. The molecule has 108 valence electrons. The molecule has 0 amide bonds. The van der Waals surface area contributed by atoms with Crippen LogP contribution in [-0.4, -0.2) is 52.5 Å². The van der Waals surface area contributed by atoms with Crippen molar-refractivity contribution >= 4 is 17.2 Å². The van der Waals surface area contributed by atoms with Gasteiger partial charge < -0.3 is 10.6 Å². The van der Waals surface area contributed by atoms with E-state index in [2.05, 4.69) is 20.9 Å². The van der Waals surface area contributed by atoms with Crippen molar-refractivity contribution in [3.8, 4) is 0 Å². The molecule has 1 aromatic heterocycles. The lowest BCUT2D eigenvalue weighted by molar-refractivity contribution is 0.123. The van der Waals surface area contributed by atoms with Crippen molar-refractivity contribution in [3.63, 3.8) is 0 Å². The highest BCUT2D eigenvalue weighted by molar-refractivity contribution is 7.80. The Morgan fingerprint density at radius 3 is 2.60 bits per heavy atom. The van der Waals surface area contributed by atoms with Crippen LogP contribution in [0.25, 0.3) is 0 Å². The van der Waals surface area contributed by atoms with Gasteiger partial charge in [-0.25, -0.2) is 0 Å². The summed E-state index contributed by atoms with van der Waals surface area (Å²) in [5.41, 5.74) is 7.67. The van der Waals surface area contributed by atoms with Gasteiger partial charge in [0.05, 0.1) is 0 Å². The van der Waals surface area contributed by atoms with E-state index in [1.165, 1.54) is 32.5 Å². The van der Waals surface area contributed by atoms with Crippen LogP contribution < -0.4 is 5.73 Å². The van der Waals surface area contributed by atoms with E-state index in [4.69, 9.17) is 18.0 Å². The summed E-state index contributed by atoms with van der Waals surface area (Å²) in [6, 6.07) is 4.04. The molecule has 2 fully saturated rings. The quantitative estimate of drug-likeness (QED) is 0.827. The highest BCUT2D eigenvalue weighted by Crippen LogP contribution is 2.30. The van der Waals surface area contributed by atoms with Crippen molar-refractivity contribution in [2.24, 2.45) is 11.7 Å². The first-order chi connectivity index (χ1) is 9.72. The Bertz CT molecular complexity index is 479. The predicted octanol–water partition coefficient (Wildman–Crippen LogP) is 1.24. The van der Waals surface area contributed by atoms with E-state index in [1.807, 2.05) is 6.07 Å². The van der Waals surface area contributed by atoms with Crippen LogP contribution in [0.4, 0.5) is 0 Å². The second-order valence-electron chi connectivity index (χ2n) is 5.90. The molecule has 1 aromatic rings. The molecule has 0 radical (unpaired) electrons. The van der Waals surface area contributed by atoms with Gasteiger partial charge in [0.25, 0.3) is 0 Å². The first-order valence-corrected chi connectivity index (χ1v) is 7.81. The highest BCUT2D eigenvalue weighted by atomic mass is 32.1. The van der Waals surface area contributed by atoms with Gasteiger partial charge in [0.1, 0.15) is 10.7 Å². The molecule has 1 saturated carbocycles. The minimum atomic E-state index is 0.396. The van der Waals surface area contributed by atoms with E-state index in [-0.39, 0.29) is 0 Å². The highest BCUT2D eigenvalue weighted by Gasteiger charge is 2.26. The second kappa shape index (κ2) is 6.16. The first kappa shape index (κ1) is 13.9. The molecule has 0 atom stereocenters. The van der Waals surface area contributed by atoms with Gasteiger partial charge in [-0.2, -0.15) is 0 Å². The van der Waals surface area contributed by atoms with Gasteiger partial charge in [0.2, 0.25) is 0 Å². The molecule has 0 aromatic carbocycles. The molecule has 3 rings (SSSR count). The Morgan fingerprint density at radius 2 is 1.95 bits per heavy atom. The molecule has 1 saturated heterocycles. The van der Waals surface area contributed by atoms with Gasteiger partial charge in [-0.3, -0.25) is 9.88 Å². The zero-order chi connectivity index (χ0) is 13.9. The lowest BCUT2D eigenvalue weighted by Crippen LogP contribution is -2.46. The van der Waals surface area contributed by atoms with Crippen LogP contribution in [0.2, 0.25) is 0 Å². The van der Waals surface area contributed by atoms with E-state index in [1.54, 1.807) is 6.20 Å². The van der Waals surface area contributed by atoms with Crippen molar-refractivity contribution in [2.75, 3.05) is 32.7 Å². The summed E-state index contributed by atoms with van der Waals surface area (Å²) in [6.45, 7) is 6.81. The van der Waals surface area contributed by atoms with Crippen molar-refractivity contribution in [2.45, 2.75) is 19.4 Å². The number of aromatic nitrogens is 1. The fourth-order valence-corrected chi connectivity index (χ4v) is 3.01. The van der Waals surface area contributed by atoms with Crippen LogP contribution in [0.15, 0.2) is 18.3 Å². The maximum absolute atomic E-state index is 5.75. The third-order valence-corrected chi connectivity index (χ3v) is 4.39. The summed E-state index contributed by atoms with van der Waals surface area (Å²) >= 11 is 5.08. The molecule has 2 N–H and O–H groups in total. The van der Waals surface area contributed by atoms with E-state index >= 15 is 0 Å². The standard InChI is InChI=1S/C15H22N4S/c16-15(20)14-13(2-1-5-17-14)11-19-8-6-18(7-9-19)10-12-3-4-12/h1-2,5,12H,3-4,6-11H2,(H2,16,20). The van der Waals surface area contributed by atoms with Gasteiger partial charge in [-0.1, -0.05) is 18.3 Å². The van der Waals surface area contributed by atoms with Gasteiger partial charge in [-0.15, -0.1) is 0 Å². The number of nitrogens with zero attached hydrogens (tertiary/aromatic N) is 3. The summed E-state index contributed by atoms with van der Waals surface area (Å²) in [5, 5.41) is 0. The van der Waals surface area contributed by atoms with Crippen LogP contribution in [0, 0.1) is 5.92 Å². The molecule has 0 bridgehead atoms. The molecule has 1 aliphatic carbocycles. The molecule has 5 heteroatoms. The summed E-state index contributed by atoms with van der Waals surface area (Å²) in [6.07, 6.45) is 4.63. The van der Waals surface area contributed by atoms with Crippen molar-refractivity contribution < 1.29 is 0 Å². The van der Waals surface area contributed by atoms with Gasteiger partial charge in [0, 0.05) is 45.5 Å². The number of thiocarbonyl (C=S) groups is 1. The molecule has 20 heavy (non-hydrogen) atoms. The lowest BCUT2D eigenvalue weighted by atomic mass is 10.1. The van der Waals surface area contributed by atoms with Crippen LogP contribution >= 0.6 is 12.2 Å². The minimum Gasteiger partial charge on any atom is -0.388 e.